The number of aromatic nitrogens is 1. The second-order valence-electron chi connectivity index (χ2n) is 6.27. The third-order valence-corrected chi connectivity index (χ3v) is 5.21. The molecule has 3 aromatic rings. The molecule has 1 aromatic heterocycles. The fourth-order valence-electron chi connectivity index (χ4n) is 3.55. The number of hydrogen-bond acceptors (Lipinski definition) is 2. The van der Waals surface area contributed by atoms with Crippen LogP contribution >= 0.6 is 15.9 Å². The van der Waals surface area contributed by atoms with Crippen LogP contribution in [0.2, 0.25) is 0 Å². The molecule has 4 nitrogen and oxygen atoms in total. The molecule has 2 aromatic carbocycles. The lowest BCUT2D eigenvalue weighted by molar-refractivity contribution is -0.119. The molecule has 25 heavy (non-hydrogen) atoms. The van der Waals surface area contributed by atoms with Crippen LogP contribution in [0.1, 0.15) is 22.3 Å². The Labute approximate surface area is 154 Å². The van der Waals surface area contributed by atoms with Crippen LogP contribution < -0.4 is 4.90 Å². The van der Waals surface area contributed by atoms with Gasteiger partial charge >= 0.3 is 0 Å². The fourth-order valence-corrected chi connectivity index (χ4v) is 3.91. The van der Waals surface area contributed by atoms with Gasteiger partial charge in [-0.2, -0.15) is 0 Å². The van der Waals surface area contributed by atoms with E-state index in [0.717, 1.165) is 46.7 Å². The molecule has 5 heteroatoms. The highest BCUT2D eigenvalue weighted by molar-refractivity contribution is 9.10. The van der Waals surface area contributed by atoms with Crippen LogP contribution in [0.5, 0.6) is 0 Å². The Morgan fingerprint density at radius 3 is 2.88 bits per heavy atom. The first-order valence-electron chi connectivity index (χ1n) is 8.29. The summed E-state index contributed by atoms with van der Waals surface area (Å²) in [4.78, 5) is 26.2. The van der Waals surface area contributed by atoms with Crippen molar-refractivity contribution in [1.29, 1.82) is 0 Å². The van der Waals surface area contributed by atoms with E-state index in [4.69, 9.17) is 0 Å². The van der Waals surface area contributed by atoms with Crippen molar-refractivity contribution < 1.29 is 9.59 Å². The first-order valence-corrected chi connectivity index (χ1v) is 9.08. The van der Waals surface area contributed by atoms with Crippen LogP contribution in [0, 0.1) is 0 Å². The van der Waals surface area contributed by atoms with Gasteiger partial charge in [0, 0.05) is 39.4 Å². The molecule has 1 aliphatic heterocycles. The summed E-state index contributed by atoms with van der Waals surface area (Å²) in [5.74, 6) is 0.0458. The van der Waals surface area contributed by atoms with Crippen molar-refractivity contribution in [2.24, 2.45) is 0 Å². The van der Waals surface area contributed by atoms with Gasteiger partial charge in [0.05, 0.1) is 0 Å². The standard InChI is InChI=1S/C20H17BrN2O2/c21-16-7-8-19-17(10-16)15(13-24)11-22(19)12-20(25)23-9-3-5-14-4-1-2-6-18(14)23/h1-2,4,6-8,10-11,13H,3,5,9,12H2. The average molecular weight is 397 g/mol. The molecule has 0 unspecified atom stereocenters. The molecule has 0 saturated heterocycles. The van der Waals surface area contributed by atoms with Crippen molar-refractivity contribution in [2.75, 3.05) is 11.4 Å². The number of aldehydes is 1. The largest absolute Gasteiger partial charge is 0.337 e. The summed E-state index contributed by atoms with van der Waals surface area (Å²) >= 11 is 3.44. The van der Waals surface area contributed by atoms with Crippen molar-refractivity contribution in [3.8, 4) is 0 Å². The number of rotatable bonds is 3. The van der Waals surface area contributed by atoms with E-state index in [-0.39, 0.29) is 12.5 Å². The van der Waals surface area contributed by atoms with E-state index >= 15 is 0 Å². The molecule has 0 fully saturated rings. The number of para-hydroxylation sites is 1. The molecule has 0 saturated carbocycles. The zero-order valence-electron chi connectivity index (χ0n) is 13.6. The summed E-state index contributed by atoms with van der Waals surface area (Å²) in [6, 6.07) is 13.8. The van der Waals surface area contributed by atoms with Crippen molar-refractivity contribution in [1.82, 2.24) is 4.57 Å². The Balaban J connectivity index is 1.68. The minimum Gasteiger partial charge on any atom is -0.337 e. The molecule has 0 aliphatic carbocycles. The van der Waals surface area contributed by atoms with Crippen LogP contribution in [0.25, 0.3) is 10.9 Å². The molecule has 0 spiro atoms. The first kappa shape index (κ1) is 16.1. The third-order valence-electron chi connectivity index (χ3n) is 4.72. The number of halogens is 1. The third kappa shape index (κ3) is 2.89. The van der Waals surface area contributed by atoms with Crippen LogP contribution in [0.15, 0.2) is 53.1 Å². The Bertz CT molecular complexity index is 977. The zero-order valence-corrected chi connectivity index (χ0v) is 15.2. The van der Waals surface area contributed by atoms with Crippen LogP contribution in [-0.2, 0) is 17.8 Å². The SMILES string of the molecule is O=Cc1cn(CC(=O)N2CCCc3ccccc32)c2ccc(Br)cc12. The Morgan fingerprint density at radius 2 is 2.04 bits per heavy atom. The van der Waals surface area contributed by atoms with E-state index in [0.29, 0.717) is 5.56 Å². The number of anilines is 1. The van der Waals surface area contributed by atoms with Crippen molar-refractivity contribution >= 4 is 44.7 Å². The van der Waals surface area contributed by atoms with Crippen LogP contribution in [0.3, 0.4) is 0 Å². The van der Waals surface area contributed by atoms with Gasteiger partial charge in [0.15, 0.2) is 6.29 Å². The molecule has 1 aliphatic rings. The monoisotopic (exact) mass is 396 g/mol. The molecular formula is C20H17BrN2O2. The van der Waals surface area contributed by atoms with Gasteiger partial charge in [0.1, 0.15) is 6.54 Å². The predicted octanol–water partition coefficient (Wildman–Crippen LogP) is 4.20. The second kappa shape index (κ2) is 6.48. The van der Waals surface area contributed by atoms with Crippen molar-refractivity contribution in [3.05, 3.63) is 64.3 Å². The lowest BCUT2D eigenvalue weighted by Crippen LogP contribution is -2.37. The highest BCUT2D eigenvalue weighted by Gasteiger charge is 2.23. The predicted molar refractivity (Wildman–Crippen MR) is 102 cm³/mol. The number of benzene rings is 2. The Morgan fingerprint density at radius 1 is 1.20 bits per heavy atom. The number of hydrogen-bond donors (Lipinski definition) is 0. The molecule has 0 N–H and O–H groups in total. The maximum atomic E-state index is 12.9. The van der Waals surface area contributed by atoms with Gasteiger partial charge in [-0.3, -0.25) is 9.59 Å². The highest BCUT2D eigenvalue weighted by atomic mass is 79.9. The number of carbonyl (C=O) groups is 2. The average Bonchev–Trinajstić information content (AvgIpc) is 2.97. The normalized spacial score (nSPS) is 13.7. The summed E-state index contributed by atoms with van der Waals surface area (Å²) in [6.45, 7) is 0.960. The zero-order chi connectivity index (χ0) is 17.4. The molecule has 1 amide bonds. The minimum atomic E-state index is 0.0458. The van der Waals surface area contributed by atoms with Crippen molar-refractivity contribution in [2.45, 2.75) is 19.4 Å². The summed E-state index contributed by atoms with van der Waals surface area (Å²) in [5, 5.41) is 0.858. The van der Waals surface area contributed by atoms with Crippen molar-refractivity contribution in [3.63, 3.8) is 0 Å². The number of amides is 1. The fraction of sp³-hybridized carbons (Fsp3) is 0.200. The van der Waals surface area contributed by atoms with Gasteiger partial charge in [-0.15, -0.1) is 0 Å². The number of nitrogens with zero attached hydrogens (tertiary/aromatic N) is 2. The summed E-state index contributed by atoms with van der Waals surface area (Å²) in [5.41, 5.74) is 3.72. The lowest BCUT2D eigenvalue weighted by Gasteiger charge is -2.29. The molecular weight excluding hydrogens is 380 g/mol. The van der Waals surface area contributed by atoms with Gasteiger partial charge in [-0.05, 0) is 42.7 Å². The summed E-state index contributed by atoms with van der Waals surface area (Å²) in [6.07, 6.45) is 4.58. The van der Waals surface area contributed by atoms with E-state index in [1.165, 1.54) is 5.56 Å². The van der Waals surface area contributed by atoms with Gasteiger partial charge < -0.3 is 9.47 Å². The second-order valence-corrected chi connectivity index (χ2v) is 7.18. The van der Waals surface area contributed by atoms with E-state index in [9.17, 15) is 9.59 Å². The van der Waals surface area contributed by atoms with E-state index in [1.807, 2.05) is 45.9 Å². The smallest absolute Gasteiger partial charge is 0.246 e. The van der Waals surface area contributed by atoms with E-state index < -0.39 is 0 Å². The number of fused-ring (bicyclic) bond motifs is 2. The van der Waals surface area contributed by atoms with Gasteiger partial charge in [0.2, 0.25) is 5.91 Å². The maximum Gasteiger partial charge on any atom is 0.246 e. The highest BCUT2D eigenvalue weighted by Crippen LogP contribution is 2.28. The number of aryl methyl sites for hydroxylation is 1. The molecule has 0 radical (unpaired) electrons. The van der Waals surface area contributed by atoms with Gasteiger partial charge in [0.25, 0.3) is 0 Å². The molecule has 126 valence electrons. The quantitative estimate of drug-likeness (QED) is 0.622. The summed E-state index contributed by atoms with van der Waals surface area (Å²) in [7, 11) is 0. The van der Waals surface area contributed by atoms with Crippen LogP contribution in [-0.4, -0.2) is 23.3 Å². The molecule has 0 bridgehead atoms. The van der Waals surface area contributed by atoms with Gasteiger partial charge in [-0.25, -0.2) is 0 Å². The minimum absolute atomic E-state index is 0.0458. The Hall–Kier alpha value is -2.40. The van der Waals surface area contributed by atoms with Gasteiger partial charge in [-0.1, -0.05) is 34.1 Å². The van der Waals surface area contributed by atoms with E-state index in [1.54, 1.807) is 6.20 Å². The molecule has 4 rings (SSSR count). The topological polar surface area (TPSA) is 42.3 Å². The van der Waals surface area contributed by atoms with Crippen LogP contribution in [0.4, 0.5) is 5.69 Å². The molecule has 0 atom stereocenters. The summed E-state index contributed by atoms with van der Waals surface area (Å²) < 4.78 is 2.78. The first-order chi connectivity index (χ1) is 12.2. The van der Waals surface area contributed by atoms with E-state index in [2.05, 4.69) is 22.0 Å². The Kier molecular flexibility index (Phi) is 4.17. The maximum absolute atomic E-state index is 12.9. The molecule has 2 heterocycles. The number of carbonyl (C=O) groups excluding carboxylic acids is 2. The lowest BCUT2D eigenvalue weighted by atomic mass is 10.0.